The largest absolute Gasteiger partial charge is 0.462 e. The van der Waals surface area contributed by atoms with Crippen LogP contribution in [0.25, 0.3) is 6.08 Å². The second-order valence-corrected chi connectivity index (χ2v) is 7.05. The number of Topliss-reactive ketones (excluding diaryl/α,β-unsaturated/α-hetero) is 1. The summed E-state index contributed by atoms with van der Waals surface area (Å²) in [4.78, 5) is 25.3. The van der Waals surface area contributed by atoms with Crippen LogP contribution < -0.4 is 0 Å². The topological polar surface area (TPSA) is 90.9 Å². The Morgan fingerprint density at radius 2 is 1.93 bits per heavy atom. The van der Waals surface area contributed by atoms with E-state index in [4.69, 9.17) is 16.3 Å². The summed E-state index contributed by atoms with van der Waals surface area (Å²) in [6.07, 6.45) is 1.33. The van der Waals surface area contributed by atoms with Crippen molar-refractivity contribution in [3.8, 4) is 12.1 Å². The van der Waals surface area contributed by atoms with E-state index in [1.54, 1.807) is 38.1 Å². The van der Waals surface area contributed by atoms with Gasteiger partial charge in [0.1, 0.15) is 17.0 Å². The molecule has 0 aliphatic rings. The summed E-state index contributed by atoms with van der Waals surface area (Å²) >= 11 is 6.88. The van der Waals surface area contributed by atoms with Gasteiger partial charge in [0.05, 0.1) is 17.7 Å². The Morgan fingerprint density at radius 3 is 2.48 bits per heavy atom. The molecule has 2 rings (SSSR count). The molecular weight excluding hydrogens is 384 g/mol. The van der Waals surface area contributed by atoms with Crippen LogP contribution in [0, 0.1) is 29.6 Å². The predicted molar refractivity (Wildman–Crippen MR) is 103 cm³/mol. The molecule has 0 N–H and O–H groups in total. The molecule has 1 aromatic carbocycles. The quantitative estimate of drug-likeness (QED) is 0.406. The zero-order valence-corrected chi connectivity index (χ0v) is 16.3. The summed E-state index contributed by atoms with van der Waals surface area (Å²) in [5.41, 5.74) is 1.40. The van der Waals surface area contributed by atoms with Crippen LogP contribution in [0.5, 0.6) is 0 Å². The van der Waals surface area contributed by atoms with Gasteiger partial charge in [-0.2, -0.15) is 10.5 Å². The fraction of sp³-hybridized carbons (Fsp3) is 0.200. The first kappa shape index (κ1) is 20.4. The second kappa shape index (κ2) is 9.14. The molecular formula is C20H15ClN2O3S. The van der Waals surface area contributed by atoms with Crippen molar-refractivity contribution in [2.45, 2.75) is 20.3 Å². The van der Waals surface area contributed by atoms with Gasteiger partial charge in [0.2, 0.25) is 0 Å². The van der Waals surface area contributed by atoms with Crippen LogP contribution >= 0.6 is 22.9 Å². The van der Waals surface area contributed by atoms with Crippen molar-refractivity contribution in [2.75, 3.05) is 6.61 Å². The number of hydrogen-bond acceptors (Lipinski definition) is 6. The third-order valence-corrected chi connectivity index (χ3v) is 5.24. The maximum Gasteiger partial charge on any atom is 0.348 e. The van der Waals surface area contributed by atoms with Gasteiger partial charge in [-0.25, -0.2) is 4.79 Å². The van der Waals surface area contributed by atoms with Crippen molar-refractivity contribution in [3.63, 3.8) is 0 Å². The number of ketones is 1. The van der Waals surface area contributed by atoms with Crippen molar-refractivity contribution in [1.29, 1.82) is 10.5 Å². The van der Waals surface area contributed by atoms with Gasteiger partial charge in [-0.3, -0.25) is 4.79 Å². The second-order valence-electron chi connectivity index (χ2n) is 5.51. The summed E-state index contributed by atoms with van der Waals surface area (Å²) in [6.45, 7) is 3.55. The molecule has 0 fully saturated rings. The molecule has 7 heteroatoms. The monoisotopic (exact) mass is 398 g/mol. The van der Waals surface area contributed by atoms with E-state index in [0.717, 1.165) is 11.3 Å². The van der Waals surface area contributed by atoms with Gasteiger partial charge in [-0.15, -0.1) is 11.3 Å². The third kappa shape index (κ3) is 4.83. The summed E-state index contributed by atoms with van der Waals surface area (Å²) in [7, 11) is 0. The van der Waals surface area contributed by atoms with Gasteiger partial charge in [0.25, 0.3) is 0 Å². The highest BCUT2D eigenvalue weighted by Gasteiger charge is 2.23. The first-order valence-corrected chi connectivity index (χ1v) is 9.20. The molecule has 0 saturated heterocycles. The van der Waals surface area contributed by atoms with E-state index in [0.29, 0.717) is 25.9 Å². The Hall–Kier alpha value is -2.93. The minimum atomic E-state index is -0.521. The molecule has 0 saturated carbocycles. The summed E-state index contributed by atoms with van der Waals surface area (Å²) < 4.78 is 4.99. The normalized spacial score (nSPS) is 10.8. The van der Waals surface area contributed by atoms with E-state index in [2.05, 4.69) is 0 Å². The summed E-state index contributed by atoms with van der Waals surface area (Å²) in [5.74, 6) is -0.951. The van der Waals surface area contributed by atoms with E-state index < -0.39 is 11.8 Å². The molecule has 0 atom stereocenters. The SMILES string of the molecule is CCOC(=O)c1sc(CC(=O)/C(C#N)=C/c2ccc(Cl)cc2)c(C#N)c1C. The lowest BCUT2D eigenvalue weighted by molar-refractivity contribution is -0.114. The van der Waals surface area contributed by atoms with Crippen LogP contribution in [0.15, 0.2) is 29.8 Å². The molecule has 0 aliphatic heterocycles. The number of rotatable bonds is 6. The lowest BCUT2D eigenvalue weighted by Crippen LogP contribution is -2.05. The standard InChI is InChI=1S/C20H15ClN2O3S/c1-3-26-20(25)19-12(2)16(11-23)18(27-19)9-17(24)14(10-22)8-13-4-6-15(21)7-5-13/h4-8H,3,9H2,1-2H3/b14-8+. The molecule has 0 bridgehead atoms. The van der Waals surface area contributed by atoms with Gasteiger partial charge < -0.3 is 4.74 Å². The first-order valence-electron chi connectivity index (χ1n) is 8.01. The minimum absolute atomic E-state index is 0.0371. The number of carbonyl (C=O) groups is 2. The fourth-order valence-corrected chi connectivity index (χ4v) is 3.65. The van der Waals surface area contributed by atoms with E-state index in [-0.39, 0.29) is 24.2 Å². The smallest absolute Gasteiger partial charge is 0.348 e. The highest BCUT2D eigenvalue weighted by Crippen LogP contribution is 2.29. The number of halogens is 1. The van der Waals surface area contributed by atoms with Gasteiger partial charge in [-0.1, -0.05) is 23.7 Å². The minimum Gasteiger partial charge on any atom is -0.462 e. The molecule has 0 aliphatic carbocycles. The van der Waals surface area contributed by atoms with Gasteiger partial charge in [0, 0.05) is 16.3 Å². The Balaban J connectivity index is 2.32. The van der Waals surface area contributed by atoms with Crippen molar-refractivity contribution in [3.05, 3.63) is 61.3 Å². The van der Waals surface area contributed by atoms with Gasteiger partial charge >= 0.3 is 5.97 Å². The highest BCUT2D eigenvalue weighted by atomic mass is 35.5. The number of benzene rings is 1. The summed E-state index contributed by atoms with van der Waals surface area (Å²) in [5, 5.41) is 19.3. The van der Waals surface area contributed by atoms with Crippen LogP contribution in [0.3, 0.4) is 0 Å². The van der Waals surface area contributed by atoms with Crippen LogP contribution in [0.2, 0.25) is 5.02 Å². The van der Waals surface area contributed by atoms with Crippen LogP contribution in [0.4, 0.5) is 0 Å². The molecule has 136 valence electrons. The third-order valence-electron chi connectivity index (χ3n) is 3.72. The molecule has 5 nitrogen and oxygen atoms in total. The number of hydrogen-bond donors (Lipinski definition) is 0. The fourth-order valence-electron chi connectivity index (χ4n) is 2.38. The number of carbonyl (C=O) groups excluding carboxylic acids is 2. The van der Waals surface area contributed by atoms with E-state index in [9.17, 15) is 20.1 Å². The maximum atomic E-state index is 12.6. The molecule has 2 aromatic rings. The molecule has 0 unspecified atom stereocenters. The molecule has 27 heavy (non-hydrogen) atoms. The van der Waals surface area contributed by atoms with Crippen molar-refractivity contribution in [1.82, 2.24) is 0 Å². The Bertz CT molecular complexity index is 992. The number of nitriles is 2. The lowest BCUT2D eigenvalue weighted by atomic mass is 10.0. The van der Waals surface area contributed by atoms with Gasteiger partial charge in [0.15, 0.2) is 5.78 Å². The van der Waals surface area contributed by atoms with Crippen LogP contribution in [-0.2, 0) is 16.0 Å². The average Bonchev–Trinajstić information content (AvgIpc) is 2.96. The molecule has 0 radical (unpaired) electrons. The molecule has 0 spiro atoms. The van der Waals surface area contributed by atoms with E-state index >= 15 is 0 Å². The number of nitrogens with zero attached hydrogens (tertiary/aromatic N) is 2. The lowest BCUT2D eigenvalue weighted by Gasteiger charge is -2.00. The zero-order chi connectivity index (χ0) is 20.0. The van der Waals surface area contributed by atoms with Crippen LogP contribution in [0.1, 0.15) is 38.2 Å². The Morgan fingerprint density at radius 1 is 1.26 bits per heavy atom. The Labute approximate surface area is 166 Å². The first-order chi connectivity index (χ1) is 12.9. The van der Waals surface area contributed by atoms with Crippen molar-refractivity contribution >= 4 is 40.8 Å². The van der Waals surface area contributed by atoms with Crippen molar-refractivity contribution in [2.24, 2.45) is 0 Å². The zero-order valence-electron chi connectivity index (χ0n) is 14.7. The number of ether oxygens (including phenoxy) is 1. The van der Waals surface area contributed by atoms with E-state index in [1.807, 2.05) is 12.1 Å². The molecule has 0 amide bonds. The molecule has 1 aromatic heterocycles. The number of thiophene rings is 1. The van der Waals surface area contributed by atoms with Crippen LogP contribution in [-0.4, -0.2) is 18.4 Å². The summed E-state index contributed by atoms with van der Waals surface area (Å²) in [6, 6.07) is 10.6. The highest BCUT2D eigenvalue weighted by molar-refractivity contribution is 7.14. The maximum absolute atomic E-state index is 12.6. The van der Waals surface area contributed by atoms with Crippen molar-refractivity contribution < 1.29 is 14.3 Å². The number of allylic oxidation sites excluding steroid dienone is 1. The average molecular weight is 399 g/mol. The Kier molecular flexibility index (Phi) is 6.90. The van der Waals surface area contributed by atoms with Gasteiger partial charge in [-0.05, 0) is 43.2 Å². The molecule has 1 heterocycles. The van der Waals surface area contributed by atoms with E-state index in [1.165, 1.54) is 6.08 Å². The number of esters is 1. The predicted octanol–water partition coefficient (Wildman–Crippen LogP) is 4.48.